The third-order valence-corrected chi connectivity index (χ3v) is 5.35. The molecule has 2 nitrogen and oxygen atoms in total. The molecule has 3 heteroatoms. The molecule has 2 fully saturated rings. The highest BCUT2D eigenvalue weighted by atomic mass is 32.2. The number of aliphatic hydroxyl groups excluding tert-OH is 1. The lowest BCUT2D eigenvalue weighted by molar-refractivity contribution is 0.107. The summed E-state index contributed by atoms with van der Waals surface area (Å²) in [6.45, 7) is 4.73. The highest BCUT2D eigenvalue weighted by Crippen LogP contribution is 2.34. The molecule has 1 aliphatic carbocycles. The van der Waals surface area contributed by atoms with Crippen molar-refractivity contribution < 1.29 is 5.11 Å². The van der Waals surface area contributed by atoms with E-state index < -0.39 is 0 Å². The molecule has 0 amide bonds. The van der Waals surface area contributed by atoms with Crippen molar-refractivity contribution in [3.63, 3.8) is 0 Å². The lowest BCUT2D eigenvalue weighted by atomic mass is 9.86. The summed E-state index contributed by atoms with van der Waals surface area (Å²) in [5.74, 6) is 2.54. The molecule has 0 aromatic carbocycles. The molecule has 2 aliphatic rings. The van der Waals surface area contributed by atoms with Crippen LogP contribution in [0.15, 0.2) is 0 Å². The zero-order chi connectivity index (χ0) is 11.6. The Hall–Kier alpha value is 0.270. The van der Waals surface area contributed by atoms with Crippen LogP contribution in [-0.4, -0.2) is 34.8 Å². The van der Waals surface area contributed by atoms with Gasteiger partial charge in [0.1, 0.15) is 0 Å². The first-order chi connectivity index (χ1) is 7.55. The van der Waals surface area contributed by atoms with Crippen LogP contribution in [0.1, 0.15) is 46.0 Å². The molecule has 2 N–H and O–H groups in total. The van der Waals surface area contributed by atoms with Gasteiger partial charge < -0.3 is 10.4 Å². The van der Waals surface area contributed by atoms with Crippen molar-refractivity contribution >= 4 is 11.8 Å². The third kappa shape index (κ3) is 3.64. The van der Waals surface area contributed by atoms with Crippen LogP contribution < -0.4 is 5.32 Å². The van der Waals surface area contributed by atoms with Gasteiger partial charge in [-0.2, -0.15) is 11.8 Å². The molecule has 0 aromatic rings. The van der Waals surface area contributed by atoms with Crippen LogP contribution in [-0.2, 0) is 0 Å². The molecule has 0 bridgehead atoms. The molecule has 1 heterocycles. The van der Waals surface area contributed by atoms with Gasteiger partial charge in [-0.3, -0.25) is 0 Å². The minimum absolute atomic E-state index is 0.0597. The van der Waals surface area contributed by atoms with E-state index in [-0.39, 0.29) is 6.10 Å². The Balaban J connectivity index is 1.80. The normalized spacial score (nSPS) is 39.6. The average molecular weight is 243 g/mol. The molecule has 16 heavy (non-hydrogen) atoms. The molecule has 1 saturated carbocycles. The van der Waals surface area contributed by atoms with Crippen LogP contribution in [0.3, 0.4) is 0 Å². The molecule has 0 radical (unpaired) electrons. The van der Waals surface area contributed by atoms with E-state index in [4.69, 9.17) is 0 Å². The Labute approximate surface area is 104 Å². The molecule has 3 unspecified atom stereocenters. The quantitative estimate of drug-likeness (QED) is 0.781. The Morgan fingerprint density at radius 3 is 2.75 bits per heavy atom. The van der Waals surface area contributed by atoms with Crippen LogP contribution in [0.25, 0.3) is 0 Å². The topological polar surface area (TPSA) is 32.3 Å². The lowest BCUT2D eigenvalue weighted by Gasteiger charge is -2.38. The Morgan fingerprint density at radius 1 is 1.25 bits per heavy atom. The van der Waals surface area contributed by atoms with Crippen molar-refractivity contribution in [1.29, 1.82) is 0 Å². The maximum absolute atomic E-state index is 9.67. The number of thioether (sulfide) groups is 1. The van der Waals surface area contributed by atoms with E-state index in [1.54, 1.807) is 0 Å². The van der Waals surface area contributed by atoms with E-state index in [1.165, 1.54) is 30.8 Å². The molecule has 0 spiro atoms. The number of hydrogen-bond acceptors (Lipinski definition) is 3. The summed E-state index contributed by atoms with van der Waals surface area (Å²) in [6, 6.07) is 1.22. The van der Waals surface area contributed by atoms with Crippen LogP contribution >= 0.6 is 11.8 Å². The smallest absolute Gasteiger partial charge is 0.0555 e. The van der Waals surface area contributed by atoms with Crippen LogP contribution in [0.5, 0.6) is 0 Å². The predicted octanol–water partition coefficient (Wildman–Crippen LogP) is 2.41. The van der Waals surface area contributed by atoms with E-state index in [0.717, 1.165) is 12.8 Å². The molecule has 1 saturated heterocycles. The van der Waals surface area contributed by atoms with E-state index >= 15 is 0 Å². The molecule has 0 aromatic heterocycles. The van der Waals surface area contributed by atoms with Crippen molar-refractivity contribution in [2.75, 3.05) is 11.5 Å². The highest BCUT2D eigenvalue weighted by molar-refractivity contribution is 7.99. The summed E-state index contributed by atoms with van der Waals surface area (Å²) in [6.07, 6.45) is 5.62. The number of nitrogens with one attached hydrogen (secondary N) is 1. The van der Waals surface area contributed by atoms with Gasteiger partial charge in [0.15, 0.2) is 0 Å². The van der Waals surface area contributed by atoms with E-state index in [0.29, 0.717) is 17.5 Å². The minimum Gasteiger partial charge on any atom is -0.393 e. The SMILES string of the molecule is CC1(C)CSCC(NC2CCCC(O)C2)C1. The van der Waals surface area contributed by atoms with E-state index in [1.807, 2.05) is 0 Å². The number of rotatable bonds is 2. The monoisotopic (exact) mass is 243 g/mol. The van der Waals surface area contributed by atoms with Gasteiger partial charge in [-0.05, 0) is 43.3 Å². The van der Waals surface area contributed by atoms with Crippen molar-refractivity contribution in [2.45, 2.75) is 64.1 Å². The number of aliphatic hydroxyl groups is 1. The second-order valence-electron chi connectivity index (χ2n) is 6.26. The second kappa shape index (κ2) is 5.28. The first kappa shape index (κ1) is 12.7. The van der Waals surface area contributed by atoms with Crippen LogP contribution in [0.4, 0.5) is 0 Å². The Morgan fingerprint density at radius 2 is 2.06 bits per heavy atom. The van der Waals surface area contributed by atoms with Crippen LogP contribution in [0.2, 0.25) is 0 Å². The maximum Gasteiger partial charge on any atom is 0.0555 e. The molecule has 3 atom stereocenters. The zero-order valence-electron chi connectivity index (χ0n) is 10.5. The lowest BCUT2D eigenvalue weighted by Crippen LogP contribution is -2.47. The summed E-state index contributed by atoms with van der Waals surface area (Å²) in [4.78, 5) is 0. The summed E-state index contributed by atoms with van der Waals surface area (Å²) in [7, 11) is 0. The first-order valence-corrected chi connectivity index (χ1v) is 7.72. The fourth-order valence-electron chi connectivity index (χ4n) is 3.02. The van der Waals surface area contributed by atoms with Gasteiger partial charge in [-0.25, -0.2) is 0 Å². The third-order valence-electron chi connectivity index (χ3n) is 3.73. The molecular weight excluding hydrogens is 218 g/mol. The van der Waals surface area contributed by atoms with E-state index in [9.17, 15) is 5.11 Å². The molecule has 1 aliphatic heterocycles. The van der Waals surface area contributed by atoms with Gasteiger partial charge in [0.05, 0.1) is 6.10 Å². The largest absolute Gasteiger partial charge is 0.393 e. The number of hydrogen-bond donors (Lipinski definition) is 2. The van der Waals surface area contributed by atoms with Gasteiger partial charge in [0, 0.05) is 17.8 Å². The molecule has 94 valence electrons. The fourth-order valence-corrected chi connectivity index (χ4v) is 4.30. The van der Waals surface area contributed by atoms with Gasteiger partial charge in [-0.1, -0.05) is 13.8 Å². The van der Waals surface area contributed by atoms with Crippen molar-refractivity contribution in [3.05, 3.63) is 0 Å². The first-order valence-electron chi connectivity index (χ1n) is 6.57. The zero-order valence-corrected chi connectivity index (χ0v) is 11.4. The Kier molecular flexibility index (Phi) is 4.20. The summed E-state index contributed by atoms with van der Waals surface area (Å²) >= 11 is 2.07. The van der Waals surface area contributed by atoms with Gasteiger partial charge in [-0.15, -0.1) is 0 Å². The van der Waals surface area contributed by atoms with Gasteiger partial charge >= 0.3 is 0 Å². The van der Waals surface area contributed by atoms with Crippen molar-refractivity contribution in [2.24, 2.45) is 5.41 Å². The fraction of sp³-hybridized carbons (Fsp3) is 1.00. The standard InChI is InChI=1S/C13H25NOS/c1-13(2)7-11(8-16-9-13)14-10-4-3-5-12(15)6-10/h10-12,14-15H,3-9H2,1-2H3. The van der Waals surface area contributed by atoms with Crippen molar-refractivity contribution in [3.8, 4) is 0 Å². The summed E-state index contributed by atoms with van der Waals surface area (Å²) < 4.78 is 0. The highest BCUT2D eigenvalue weighted by Gasteiger charge is 2.30. The van der Waals surface area contributed by atoms with Gasteiger partial charge in [0.25, 0.3) is 0 Å². The molecular formula is C13H25NOS. The summed E-state index contributed by atoms with van der Waals surface area (Å²) in [5, 5.41) is 13.4. The maximum atomic E-state index is 9.67. The van der Waals surface area contributed by atoms with Gasteiger partial charge in [0.2, 0.25) is 0 Å². The van der Waals surface area contributed by atoms with Crippen LogP contribution in [0, 0.1) is 5.41 Å². The second-order valence-corrected chi connectivity index (χ2v) is 7.29. The van der Waals surface area contributed by atoms with E-state index in [2.05, 4.69) is 30.9 Å². The van der Waals surface area contributed by atoms with Crippen molar-refractivity contribution in [1.82, 2.24) is 5.32 Å². The predicted molar refractivity (Wildman–Crippen MR) is 70.9 cm³/mol. The summed E-state index contributed by atoms with van der Waals surface area (Å²) in [5.41, 5.74) is 0.480. The molecule has 2 rings (SSSR count). The average Bonchev–Trinajstić information content (AvgIpc) is 2.15. The minimum atomic E-state index is -0.0597. The Bertz CT molecular complexity index is 232.